The van der Waals surface area contributed by atoms with Crippen LogP contribution in [0.4, 0.5) is 4.79 Å². The molecule has 0 aliphatic carbocycles. The Morgan fingerprint density at radius 3 is 2.59 bits per heavy atom. The van der Waals surface area contributed by atoms with Crippen molar-refractivity contribution >= 4 is 6.09 Å². The SMILES string of the molecule is CC(CNC(=O)OC(C)(C)C)n1ccc(-c2ccccc2)n1. The number of carbonyl (C=O) groups is 1. The first-order valence-electron chi connectivity index (χ1n) is 7.42. The van der Waals surface area contributed by atoms with E-state index >= 15 is 0 Å². The van der Waals surface area contributed by atoms with Gasteiger partial charge in [-0.3, -0.25) is 4.68 Å². The van der Waals surface area contributed by atoms with Crippen molar-refractivity contribution in [3.8, 4) is 11.3 Å². The first-order valence-corrected chi connectivity index (χ1v) is 7.42. The molecule has 1 aromatic heterocycles. The molecule has 1 amide bonds. The lowest BCUT2D eigenvalue weighted by molar-refractivity contribution is 0.0520. The lowest BCUT2D eigenvalue weighted by atomic mass is 10.2. The minimum Gasteiger partial charge on any atom is -0.444 e. The summed E-state index contributed by atoms with van der Waals surface area (Å²) in [7, 11) is 0. The second kappa shape index (κ2) is 6.64. The maximum Gasteiger partial charge on any atom is 0.407 e. The van der Waals surface area contributed by atoms with Crippen molar-refractivity contribution in [3.05, 3.63) is 42.6 Å². The molecule has 0 aliphatic rings. The molecule has 1 atom stereocenters. The van der Waals surface area contributed by atoms with E-state index in [1.54, 1.807) is 0 Å². The number of nitrogens with zero attached hydrogens (tertiary/aromatic N) is 2. The van der Waals surface area contributed by atoms with Crippen LogP contribution in [0.15, 0.2) is 42.6 Å². The third-order valence-electron chi connectivity index (χ3n) is 3.07. The maximum atomic E-state index is 11.7. The fraction of sp³-hybridized carbons (Fsp3) is 0.412. The van der Waals surface area contributed by atoms with Gasteiger partial charge in [0.25, 0.3) is 0 Å². The van der Waals surface area contributed by atoms with E-state index in [0.29, 0.717) is 6.54 Å². The molecule has 1 unspecified atom stereocenters. The molecule has 2 rings (SSSR count). The predicted octanol–water partition coefficient (Wildman–Crippen LogP) is 3.64. The van der Waals surface area contributed by atoms with Gasteiger partial charge in [-0.05, 0) is 33.8 Å². The number of hydrogen-bond donors (Lipinski definition) is 1. The van der Waals surface area contributed by atoms with E-state index in [9.17, 15) is 4.79 Å². The standard InChI is InChI=1S/C17H23N3O2/c1-13(12-18-16(21)22-17(2,3)4)20-11-10-15(19-20)14-8-6-5-7-9-14/h5-11,13H,12H2,1-4H3,(H,18,21). The summed E-state index contributed by atoms with van der Waals surface area (Å²) in [5.41, 5.74) is 1.51. The molecule has 0 bridgehead atoms. The highest BCUT2D eigenvalue weighted by atomic mass is 16.6. The monoisotopic (exact) mass is 301 g/mol. The van der Waals surface area contributed by atoms with Crippen molar-refractivity contribution in [3.63, 3.8) is 0 Å². The summed E-state index contributed by atoms with van der Waals surface area (Å²) in [6.07, 6.45) is 1.51. The maximum absolute atomic E-state index is 11.7. The molecule has 0 saturated carbocycles. The van der Waals surface area contributed by atoms with Gasteiger partial charge in [-0.15, -0.1) is 0 Å². The zero-order valence-corrected chi connectivity index (χ0v) is 13.5. The largest absolute Gasteiger partial charge is 0.444 e. The number of alkyl carbamates (subject to hydrolysis) is 1. The van der Waals surface area contributed by atoms with Crippen LogP contribution in [0, 0.1) is 0 Å². The van der Waals surface area contributed by atoms with E-state index in [4.69, 9.17) is 4.74 Å². The summed E-state index contributed by atoms with van der Waals surface area (Å²) < 4.78 is 7.07. The average molecular weight is 301 g/mol. The first-order chi connectivity index (χ1) is 10.3. The first kappa shape index (κ1) is 16.1. The summed E-state index contributed by atoms with van der Waals surface area (Å²) in [5.74, 6) is 0. The summed E-state index contributed by atoms with van der Waals surface area (Å²) in [5, 5.41) is 7.32. The molecule has 0 fully saturated rings. The molecule has 1 N–H and O–H groups in total. The molecule has 5 nitrogen and oxygen atoms in total. The van der Waals surface area contributed by atoms with Gasteiger partial charge >= 0.3 is 6.09 Å². The van der Waals surface area contributed by atoms with Crippen LogP contribution in [0.2, 0.25) is 0 Å². The molecule has 0 radical (unpaired) electrons. The van der Waals surface area contributed by atoms with Crippen molar-refractivity contribution in [2.75, 3.05) is 6.54 Å². The van der Waals surface area contributed by atoms with Crippen LogP contribution in [0.3, 0.4) is 0 Å². The molecule has 1 heterocycles. The van der Waals surface area contributed by atoms with Gasteiger partial charge in [0.1, 0.15) is 5.60 Å². The third kappa shape index (κ3) is 4.62. The molecule has 0 spiro atoms. The molecule has 118 valence electrons. The second-order valence-electron chi connectivity index (χ2n) is 6.28. The Morgan fingerprint density at radius 2 is 1.95 bits per heavy atom. The van der Waals surface area contributed by atoms with E-state index in [-0.39, 0.29) is 6.04 Å². The number of carbonyl (C=O) groups excluding carboxylic acids is 1. The molecular formula is C17H23N3O2. The predicted molar refractivity (Wildman–Crippen MR) is 86.6 cm³/mol. The van der Waals surface area contributed by atoms with Crippen molar-refractivity contribution in [1.82, 2.24) is 15.1 Å². The molecule has 5 heteroatoms. The van der Waals surface area contributed by atoms with Crippen molar-refractivity contribution < 1.29 is 9.53 Å². The zero-order valence-electron chi connectivity index (χ0n) is 13.5. The highest BCUT2D eigenvalue weighted by Crippen LogP contribution is 2.17. The van der Waals surface area contributed by atoms with Gasteiger partial charge < -0.3 is 10.1 Å². The Kier molecular flexibility index (Phi) is 4.85. The highest BCUT2D eigenvalue weighted by molar-refractivity contribution is 5.67. The number of hydrogen-bond acceptors (Lipinski definition) is 3. The fourth-order valence-corrected chi connectivity index (χ4v) is 1.99. The number of nitrogens with one attached hydrogen (secondary N) is 1. The number of aromatic nitrogens is 2. The third-order valence-corrected chi connectivity index (χ3v) is 3.07. The summed E-state index contributed by atoms with van der Waals surface area (Å²) in [6, 6.07) is 12.0. The topological polar surface area (TPSA) is 56.1 Å². The Balaban J connectivity index is 1.92. The van der Waals surface area contributed by atoms with Crippen LogP contribution in [0.1, 0.15) is 33.7 Å². The van der Waals surface area contributed by atoms with Crippen LogP contribution < -0.4 is 5.32 Å². The van der Waals surface area contributed by atoms with Crippen LogP contribution in [0.5, 0.6) is 0 Å². The summed E-state index contributed by atoms with van der Waals surface area (Å²) in [4.78, 5) is 11.7. The van der Waals surface area contributed by atoms with E-state index < -0.39 is 11.7 Å². The lowest BCUT2D eigenvalue weighted by Gasteiger charge is -2.21. The smallest absolute Gasteiger partial charge is 0.407 e. The van der Waals surface area contributed by atoms with Crippen LogP contribution in [-0.2, 0) is 4.74 Å². The second-order valence-corrected chi connectivity index (χ2v) is 6.28. The average Bonchev–Trinajstić information content (AvgIpc) is 2.94. The molecule has 1 aromatic carbocycles. The molecule has 0 saturated heterocycles. The summed E-state index contributed by atoms with van der Waals surface area (Å²) >= 11 is 0. The molecule has 22 heavy (non-hydrogen) atoms. The van der Waals surface area contributed by atoms with E-state index in [0.717, 1.165) is 11.3 Å². The van der Waals surface area contributed by atoms with Crippen molar-refractivity contribution in [2.24, 2.45) is 0 Å². The quantitative estimate of drug-likeness (QED) is 0.938. The summed E-state index contributed by atoms with van der Waals surface area (Å²) in [6.45, 7) is 7.99. The van der Waals surface area contributed by atoms with Gasteiger partial charge in [-0.2, -0.15) is 5.10 Å². The number of ether oxygens (including phenoxy) is 1. The lowest BCUT2D eigenvalue weighted by Crippen LogP contribution is -2.35. The van der Waals surface area contributed by atoms with E-state index in [1.807, 2.05) is 75.0 Å². The van der Waals surface area contributed by atoms with Crippen LogP contribution >= 0.6 is 0 Å². The van der Waals surface area contributed by atoms with Crippen LogP contribution in [0.25, 0.3) is 11.3 Å². The van der Waals surface area contributed by atoms with E-state index in [2.05, 4.69) is 10.4 Å². The van der Waals surface area contributed by atoms with Crippen molar-refractivity contribution in [2.45, 2.75) is 39.3 Å². The number of rotatable bonds is 4. The highest BCUT2D eigenvalue weighted by Gasteiger charge is 2.17. The van der Waals surface area contributed by atoms with Gasteiger partial charge in [0.05, 0.1) is 11.7 Å². The Hall–Kier alpha value is -2.30. The Labute approximate surface area is 131 Å². The number of amides is 1. The fourth-order valence-electron chi connectivity index (χ4n) is 1.99. The van der Waals surface area contributed by atoms with Crippen LogP contribution in [-0.4, -0.2) is 28.0 Å². The normalized spacial score (nSPS) is 12.7. The molecule has 2 aromatic rings. The Morgan fingerprint density at radius 1 is 1.27 bits per heavy atom. The Bertz CT molecular complexity index is 614. The minimum absolute atomic E-state index is 0.0463. The van der Waals surface area contributed by atoms with E-state index in [1.165, 1.54) is 0 Å². The van der Waals surface area contributed by atoms with Gasteiger partial charge in [-0.25, -0.2) is 4.79 Å². The van der Waals surface area contributed by atoms with Crippen molar-refractivity contribution in [1.29, 1.82) is 0 Å². The molecular weight excluding hydrogens is 278 g/mol. The van der Waals surface area contributed by atoms with Gasteiger partial charge in [-0.1, -0.05) is 30.3 Å². The van der Waals surface area contributed by atoms with Gasteiger partial charge in [0.2, 0.25) is 0 Å². The molecule has 0 aliphatic heterocycles. The zero-order chi connectivity index (χ0) is 16.2. The van der Waals surface area contributed by atoms with Gasteiger partial charge in [0, 0.05) is 18.3 Å². The van der Waals surface area contributed by atoms with Gasteiger partial charge in [0.15, 0.2) is 0 Å². The minimum atomic E-state index is -0.487. The number of benzene rings is 1.